The monoisotopic (exact) mass is 222 g/mol. The molecule has 0 saturated carbocycles. The highest BCUT2D eigenvalue weighted by atomic mass is 16.5. The predicted octanol–water partition coefficient (Wildman–Crippen LogP) is 2.34. The van der Waals surface area contributed by atoms with Crippen molar-refractivity contribution in [2.45, 2.75) is 20.8 Å². The van der Waals surface area contributed by atoms with E-state index in [1.165, 1.54) is 18.2 Å². The molecule has 86 valence electrons. The van der Waals surface area contributed by atoms with Crippen LogP contribution >= 0.6 is 0 Å². The molecular weight excluding hydrogens is 208 g/mol. The van der Waals surface area contributed by atoms with E-state index in [2.05, 4.69) is 0 Å². The molecule has 0 unspecified atom stereocenters. The summed E-state index contributed by atoms with van der Waals surface area (Å²) in [5.74, 6) is -1.19. The Kier molecular flexibility index (Phi) is 3.32. The number of hydrogen-bond acceptors (Lipinski definition) is 3. The van der Waals surface area contributed by atoms with Gasteiger partial charge in [0, 0.05) is 0 Å². The van der Waals surface area contributed by atoms with Crippen molar-refractivity contribution in [3.63, 3.8) is 0 Å². The van der Waals surface area contributed by atoms with Crippen LogP contribution in [0.15, 0.2) is 24.3 Å². The molecule has 1 aromatic carbocycles. The Morgan fingerprint density at radius 3 is 2.38 bits per heavy atom. The maximum Gasteiger partial charge on any atom is 0.335 e. The molecule has 0 radical (unpaired) electrons. The first-order chi connectivity index (χ1) is 7.30. The lowest BCUT2D eigenvalue weighted by molar-refractivity contribution is -0.143. The van der Waals surface area contributed by atoms with Gasteiger partial charge in [-0.25, -0.2) is 4.79 Å². The standard InChI is InChI=1S/C12H14O4/c1-12(2,3)11(15)16-9-6-4-5-8(7-9)10(13)14/h4-7H,1-3H3,(H,13,14). The molecule has 0 atom stereocenters. The number of carboxylic acids is 1. The van der Waals surface area contributed by atoms with Crippen LogP contribution in [-0.2, 0) is 4.79 Å². The van der Waals surface area contributed by atoms with Crippen LogP contribution in [0.4, 0.5) is 0 Å². The number of carboxylic acid groups (broad SMARTS) is 1. The van der Waals surface area contributed by atoms with Crippen molar-refractivity contribution >= 4 is 11.9 Å². The molecule has 0 saturated heterocycles. The van der Waals surface area contributed by atoms with E-state index >= 15 is 0 Å². The third-order valence-electron chi connectivity index (χ3n) is 1.90. The van der Waals surface area contributed by atoms with Gasteiger partial charge in [-0.1, -0.05) is 6.07 Å². The van der Waals surface area contributed by atoms with E-state index in [1.54, 1.807) is 26.8 Å². The van der Waals surface area contributed by atoms with Crippen LogP contribution in [-0.4, -0.2) is 17.0 Å². The number of carbonyl (C=O) groups is 2. The van der Waals surface area contributed by atoms with Gasteiger partial charge in [-0.15, -0.1) is 0 Å². The van der Waals surface area contributed by atoms with Crippen LogP contribution in [0.3, 0.4) is 0 Å². The SMILES string of the molecule is CC(C)(C)C(=O)Oc1cccc(C(=O)O)c1. The summed E-state index contributed by atoms with van der Waals surface area (Å²) in [6.45, 7) is 5.20. The molecule has 1 N–H and O–H groups in total. The molecule has 0 amide bonds. The van der Waals surface area contributed by atoms with Crippen molar-refractivity contribution in [3.05, 3.63) is 29.8 Å². The number of aromatic carboxylic acids is 1. The summed E-state index contributed by atoms with van der Waals surface area (Å²) in [5.41, 5.74) is -0.515. The fourth-order valence-electron chi connectivity index (χ4n) is 0.953. The van der Waals surface area contributed by atoms with Crippen LogP contribution in [0.5, 0.6) is 5.75 Å². The smallest absolute Gasteiger partial charge is 0.335 e. The minimum Gasteiger partial charge on any atom is -0.478 e. The quantitative estimate of drug-likeness (QED) is 0.616. The molecule has 0 fully saturated rings. The van der Waals surface area contributed by atoms with Gasteiger partial charge >= 0.3 is 11.9 Å². The van der Waals surface area contributed by atoms with Crippen LogP contribution in [0.1, 0.15) is 31.1 Å². The Bertz CT molecular complexity index is 415. The molecule has 1 aromatic rings. The fourth-order valence-corrected chi connectivity index (χ4v) is 0.953. The molecule has 0 spiro atoms. The summed E-state index contributed by atoms with van der Waals surface area (Å²) < 4.78 is 5.07. The summed E-state index contributed by atoms with van der Waals surface area (Å²) in [7, 11) is 0. The minimum absolute atomic E-state index is 0.0965. The van der Waals surface area contributed by atoms with Crippen molar-refractivity contribution in [3.8, 4) is 5.75 Å². The van der Waals surface area contributed by atoms with Gasteiger partial charge in [0.1, 0.15) is 5.75 Å². The van der Waals surface area contributed by atoms with Crippen LogP contribution in [0, 0.1) is 5.41 Å². The highest BCUT2D eigenvalue weighted by Gasteiger charge is 2.23. The van der Waals surface area contributed by atoms with E-state index in [0.29, 0.717) is 0 Å². The van der Waals surface area contributed by atoms with Crippen LogP contribution < -0.4 is 4.74 Å². The lowest BCUT2D eigenvalue weighted by atomic mass is 9.97. The largest absolute Gasteiger partial charge is 0.478 e. The van der Waals surface area contributed by atoms with Crippen molar-refractivity contribution in [2.75, 3.05) is 0 Å². The average Bonchev–Trinajstić information content (AvgIpc) is 2.16. The zero-order valence-corrected chi connectivity index (χ0v) is 9.48. The predicted molar refractivity (Wildman–Crippen MR) is 58.5 cm³/mol. The van der Waals surface area contributed by atoms with E-state index < -0.39 is 17.4 Å². The first-order valence-electron chi connectivity index (χ1n) is 4.86. The summed E-state index contributed by atoms with van der Waals surface area (Å²) in [4.78, 5) is 22.2. The Labute approximate surface area is 93.9 Å². The fraction of sp³-hybridized carbons (Fsp3) is 0.333. The minimum atomic E-state index is -1.05. The van der Waals surface area contributed by atoms with Crippen molar-refractivity contribution in [1.29, 1.82) is 0 Å². The van der Waals surface area contributed by atoms with Gasteiger partial charge in [0.15, 0.2) is 0 Å². The molecule has 16 heavy (non-hydrogen) atoms. The number of carbonyl (C=O) groups excluding carboxylic acids is 1. The van der Waals surface area contributed by atoms with Gasteiger partial charge in [0.25, 0.3) is 0 Å². The first-order valence-corrected chi connectivity index (χ1v) is 4.86. The van der Waals surface area contributed by atoms with Gasteiger partial charge in [-0.2, -0.15) is 0 Å². The molecule has 0 heterocycles. The molecule has 0 aliphatic heterocycles. The number of rotatable bonds is 2. The topological polar surface area (TPSA) is 63.6 Å². The summed E-state index contributed by atoms with van der Waals surface area (Å²) in [5, 5.41) is 8.76. The molecule has 0 bridgehead atoms. The molecule has 1 rings (SSSR count). The maximum absolute atomic E-state index is 11.5. The number of esters is 1. The van der Waals surface area contributed by atoms with Gasteiger partial charge < -0.3 is 9.84 Å². The summed E-state index contributed by atoms with van der Waals surface area (Å²) >= 11 is 0. The highest BCUT2D eigenvalue weighted by molar-refractivity contribution is 5.88. The molecule has 4 heteroatoms. The second-order valence-corrected chi connectivity index (χ2v) is 4.47. The van der Waals surface area contributed by atoms with Gasteiger partial charge in [-0.3, -0.25) is 4.79 Å². The number of benzene rings is 1. The highest BCUT2D eigenvalue weighted by Crippen LogP contribution is 2.20. The first kappa shape index (κ1) is 12.2. The third kappa shape index (κ3) is 3.08. The Hall–Kier alpha value is -1.84. The normalized spacial score (nSPS) is 10.9. The number of ether oxygens (including phenoxy) is 1. The molecular formula is C12H14O4. The lowest BCUT2D eigenvalue weighted by Gasteiger charge is -2.16. The molecule has 0 aromatic heterocycles. The van der Waals surface area contributed by atoms with Crippen LogP contribution in [0.25, 0.3) is 0 Å². The van der Waals surface area contributed by atoms with Crippen molar-refractivity contribution in [1.82, 2.24) is 0 Å². The van der Waals surface area contributed by atoms with Gasteiger partial charge in [0.05, 0.1) is 11.0 Å². The second-order valence-electron chi connectivity index (χ2n) is 4.47. The van der Waals surface area contributed by atoms with Crippen LogP contribution in [0.2, 0.25) is 0 Å². The van der Waals surface area contributed by atoms with Gasteiger partial charge in [0.2, 0.25) is 0 Å². The Morgan fingerprint density at radius 1 is 1.25 bits per heavy atom. The molecule has 4 nitrogen and oxygen atoms in total. The van der Waals surface area contributed by atoms with Crippen molar-refractivity contribution in [2.24, 2.45) is 5.41 Å². The average molecular weight is 222 g/mol. The Morgan fingerprint density at radius 2 is 1.88 bits per heavy atom. The summed E-state index contributed by atoms with van der Waals surface area (Å²) in [6, 6.07) is 5.85. The van der Waals surface area contributed by atoms with E-state index in [0.717, 1.165) is 0 Å². The molecule has 0 aliphatic rings. The van der Waals surface area contributed by atoms with E-state index in [-0.39, 0.29) is 11.3 Å². The van der Waals surface area contributed by atoms with Gasteiger partial charge in [-0.05, 0) is 39.0 Å². The zero-order valence-electron chi connectivity index (χ0n) is 9.48. The lowest BCUT2D eigenvalue weighted by Crippen LogP contribution is -2.25. The van der Waals surface area contributed by atoms with E-state index in [1.807, 2.05) is 0 Å². The molecule has 0 aliphatic carbocycles. The van der Waals surface area contributed by atoms with E-state index in [9.17, 15) is 9.59 Å². The zero-order chi connectivity index (χ0) is 12.3. The third-order valence-corrected chi connectivity index (χ3v) is 1.90. The Balaban J connectivity index is 2.87. The summed E-state index contributed by atoms with van der Waals surface area (Å²) in [6.07, 6.45) is 0. The van der Waals surface area contributed by atoms with Crippen molar-refractivity contribution < 1.29 is 19.4 Å². The van der Waals surface area contributed by atoms with E-state index in [4.69, 9.17) is 9.84 Å². The number of hydrogen-bond donors (Lipinski definition) is 1. The maximum atomic E-state index is 11.5. The second kappa shape index (κ2) is 4.35.